The third-order valence-corrected chi connectivity index (χ3v) is 22.6. The predicted molar refractivity (Wildman–Crippen MR) is 492 cm³/mol. The lowest BCUT2D eigenvalue weighted by molar-refractivity contribution is 1.01. The summed E-state index contributed by atoms with van der Waals surface area (Å²) in [6.45, 7) is 0. The zero-order chi connectivity index (χ0) is 82.0. The van der Waals surface area contributed by atoms with Gasteiger partial charge in [0.25, 0.3) is 0 Å². The zero-order valence-electron chi connectivity index (χ0n) is 66.0. The monoisotopic (exact) mass is 1590 g/mol. The van der Waals surface area contributed by atoms with Crippen molar-refractivity contribution in [2.45, 2.75) is 0 Å². The highest BCUT2D eigenvalue weighted by Crippen LogP contribution is 2.42. The molecule has 0 unspecified atom stereocenters. The molecule has 1 N–H and O–H groups in total. The molecule has 0 saturated carbocycles. The number of hydrogen-bond acceptors (Lipinski definition) is 15. The lowest BCUT2D eigenvalue weighted by atomic mass is 10.0. The van der Waals surface area contributed by atoms with Crippen LogP contribution >= 0.6 is 0 Å². The van der Waals surface area contributed by atoms with Gasteiger partial charge in [0.2, 0.25) is 17.5 Å². The summed E-state index contributed by atoms with van der Waals surface area (Å²) >= 11 is 0. The van der Waals surface area contributed by atoms with Crippen molar-refractivity contribution in [3.05, 3.63) is 389 Å². The van der Waals surface area contributed by atoms with E-state index in [-0.39, 0.29) is 0 Å². The van der Waals surface area contributed by atoms with Gasteiger partial charge in [0.15, 0.2) is 52.4 Å². The van der Waals surface area contributed by atoms with E-state index >= 15 is 0 Å². The first-order valence-corrected chi connectivity index (χ1v) is 40.6. The lowest BCUT2D eigenvalue weighted by Gasteiger charge is -2.10. The van der Waals surface area contributed by atoms with Gasteiger partial charge >= 0.3 is 0 Å². The molecule has 0 fully saturated rings. The van der Waals surface area contributed by atoms with Gasteiger partial charge in [-0.25, -0.2) is 74.8 Å². The van der Waals surface area contributed by atoms with Gasteiger partial charge in [0.05, 0.1) is 87.3 Å². The van der Waals surface area contributed by atoms with E-state index in [0.717, 1.165) is 133 Å². The van der Waals surface area contributed by atoms with E-state index in [1.54, 1.807) is 0 Å². The fourth-order valence-corrected chi connectivity index (χ4v) is 16.7. The van der Waals surface area contributed by atoms with E-state index in [1.807, 2.05) is 219 Å². The smallest absolute Gasteiger partial charge is 0.201 e. The maximum absolute atomic E-state index is 4.87. The molecule has 24 aromatic rings. The summed E-state index contributed by atoms with van der Waals surface area (Å²) < 4.78 is 6.65. The second kappa shape index (κ2) is 30.5. The topological polar surface area (TPSA) is 224 Å². The number of aromatic amines is 1. The van der Waals surface area contributed by atoms with Crippen LogP contribution in [0.1, 0.15) is 0 Å². The van der Waals surface area contributed by atoms with Crippen LogP contribution in [0.25, 0.3) is 230 Å². The van der Waals surface area contributed by atoms with Crippen molar-refractivity contribution in [2.24, 2.45) is 0 Å². The van der Waals surface area contributed by atoms with Crippen molar-refractivity contribution in [3.63, 3.8) is 0 Å². The molecule has 19 heteroatoms. The van der Waals surface area contributed by atoms with E-state index in [9.17, 15) is 0 Å². The molecule has 0 aliphatic rings. The molecule has 0 radical (unpaired) electrons. The van der Waals surface area contributed by atoms with Crippen LogP contribution < -0.4 is 0 Å². The Hall–Kier alpha value is -17.5. The highest BCUT2D eigenvalue weighted by Gasteiger charge is 2.24. The largest absolute Gasteiger partial charge is 0.355 e. The molecule has 14 aromatic carbocycles. The van der Waals surface area contributed by atoms with Crippen LogP contribution in [0.2, 0.25) is 0 Å². The molecule has 10 heterocycles. The Balaban J connectivity index is 0.000000154. The van der Waals surface area contributed by atoms with Crippen molar-refractivity contribution < 1.29 is 0 Å². The molecule has 580 valence electrons. The Bertz CT molecular complexity index is 7730. The van der Waals surface area contributed by atoms with Crippen LogP contribution in [-0.4, -0.2) is 93.4 Å². The number of nitrogens with one attached hydrogen (secondary N) is 1. The van der Waals surface area contributed by atoms with Crippen LogP contribution in [0.3, 0.4) is 0 Å². The molecule has 0 saturated heterocycles. The first kappa shape index (κ1) is 71.8. The van der Waals surface area contributed by atoms with Crippen LogP contribution in [0.4, 0.5) is 0 Å². The van der Waals surface area contributed by atoms with Gasteiger partial charge in [-0.3, -0.25) is 0 Å². The summed E-state index contributed by atoms with van der Waals surface area (Å²) in [7, 11) is 0. The van der Waals surface area contributed by atoms with Crippen molar-refractivity contribution in [1.29, 1.82) is 0 Å². The number of aromatic nitrogens is 19. The third kappa shape index (κ3) is 13.1. The molecule has 0 atom stereocenters. The fourth-order valence-electron chi connectivity index (χ4n) is 16.7. The summed E-state index contributed by atoms with van der Waals surface area (Å²) in [5.41, 5.74) is 21.0. The van der Waals surface area contributed by atoms with Gasteiger partial charge in [0.1, 0.15) is 0 Å². The van der Waals surface area contributed by atoms with E-state index in [2.05, 4.69) is 189 Å². The molecule has 0 aliphatic heterocycles. The number of H-pyrrole nitrogens is 1. The Morgan fingerprint density at radius 1 is 0.153 bits per heavy atom. The summed E-state index contributed by atoms with van der Waals surface area (Å²) in [6.07, 6.45) is 11.1. The van der Waals surface area contributed by atoms with E-state index in [0.29, 0.717) is 69.9 Å². The summed E-state index contributed by atoms with van der Waals surface area (Å²) in [6, 6.07) is 120. The highest BCUT2D eigenvalue weighted by atomic mass is 15.1. The van der Waals surface area contributed by atoms with Crippen LogP contribution in [0, 0.1) is 0 Å². The summed E-state index contributed by atoms with van der Waals surface area (Å²) in [5.74, 6) is 5.83. The minimum atomic E-state index is 0.397. The Morgan fingerprint density at radius 3 is 0.661 bits per heavy atom. The first-order chi connectivity index (χ1) is 61.4. The third-order valence-electron chi connectivity index (χ3n) is 22.6. The molecule has 0 bridgehead atoms. The molecule has 10 aromatic heterocycles. The van der Waals surface area contributed by atoms with Gasteiger partial charge in [-0.1, -0.05) is 279 Å². The number of fused-ring (bicyclic) bond motifs is 12. The van der Waals surface area contributed by atoms with Crippen molar-refractivity contribution in [3.8, 4) is 143 Å². The van der Waals surface area contributed by atoms with Crippen LogP contribution in [0.15, 0.2) is 389 Å². The van der Waals surface area contributed by atoms with Gasteiger partial charge in [-0.2, -0.15) is 0 Å². The molecule has 0 spiro atoms. The van der Waals surface area contributed by atoms with Gasteiger partial charge in [-0.15, -0.1) is 0 Å². The number of benzene rings is 14. The quantitative estimate of drug-likeness (QED) is 0.107. The number of rotatable bonds is 14. The minimum Gasteiger partial charge on any atom is -0.355 e. The summed E-state index contributed by atoms with van der Waals surface area (Å²) in [4.78, 5) is 76.1. The maximum Gasteiger partial charge on any atom is 0.201 e. The van der Waals surface area contributed by atoms with Crippen LogP contribution in [0.5, 0.6) is 0 Å². The number of hydrogen-bond donors (Lipinski definition) is 1. The van der Waals surface area contributed by atoms with Crippen molar-refractivity contribution in [2.75, 3.05) is 0 Å². The first-order valence-electron chi connectivity index (χ1n) is 40.6. The van der Waals surface area contributed by atoms with Crippen molar-refractivity contribution in [1.82, 2.24) is 93.4 Å². The molecular weight excluding hydrogens is 1530 g/mol. The SMILES string of the molecule is c1ccc(-c2nc(-c3ccccc3)nc(-c3ncc(-n4c5ccccc5c5cc(-c6ccc7[nH]c8ccccc8c7c6)ccc54)cn3)n2)cc1.c1ccc(-c2nc(-c3ccccc3)nc(-c3ncc(-n4c5ccccc5c5cc(-c6ccc7c(c6)c6ccccc6n7-c6cnc(-c7nc(-c8ccccc8)nc(-c8ccccc8)n7)nc6)ccc54)cn3)n2)cc1. The highest BCUT2D eigenvalue weighted by molar-refractivity contribution is 6.14. The zero-order valence-corrected chi connectivity index (χ0v) is 66.0. The number of nitrogens with zero attached hydrogens (tertiary/aromatic N) is 18. The molecule has 0 aliphatic carbocycles. The van der Waals surface area contributed by atoms with Crippen molar-refractivity contribution >= 4 is 87.2 Å². The maximum atomic E-state index is 4.87. The normalized spacial score (nSPS) is 11.5. The second-order valence-corrected chi connectivity index (χ2v) is 30.1. The van der Waals surface area contributed by atoms with Gasteiger partial charge in [-0.05, 0) is 95.1 Å². The molecule has 124 heavy (non-hydrogen) atoms. The Morgan fingerprint density at radius 2 is 0.371 bits per heavy atom. The predicted octanol–water partition coefficient (Wildman–Crippen LogP) is 23.6. The second-order valence-electron chi connectivity index (χ2n) is 30.1. The van der Waals surface area contributed by atoms with Crippen LogP contribution in [-0.2, 0) is 0 Å². The molecule has 0 amide bonds. The molecule has 19 nitrogen and oxygen atoms in total. The lowest BCUT2D eigenvalue weighted by Crippen LogP contribution is -2.03. The average molecular weight is 1590 g/mol. The Labute approximate surface area is 708 Å². The van der Waals surface area contributed by atoms with E-state index < -0.39 is 0 Å². The molecule has 24 rings (SSSR count). The standard InChI is InChI=1S/C62H38N12.C43H27N7/c1-5-17-39(18-6-1)55-67-56(40-19-7-2-8-20-40)70-61(69-55)59-63-35-45(36-64-59)73-51-27-15-13-25-47(51)49-33-43(29-31-53(49)73)44-30-32-54-50(34-44)48-26-14-16-28-52(48)74(54)46-37-65-60(66-38-46)62-71-57(41-21-9-3-10-22-41)68-58(72-62)42-23-11-4-12-24-42;1-3-11-27(12-4-1)40-47-41(28-13-5-2-6-14-28)49-43(48-40)42-44-25-31(26-45-42)50-38-18-10-8-16-33(38)35-24-30(20-22-39(35)50)29-19-21-37-34(23-29)32-15-7-9-17-36(32)46-37/h1-38H;1-26,46H. The molecular formula is C105H65N19. The van der Waals surface area contributed by atoms with E-state index in [4.69, 9.17) is 74.8 Å². The fraction of sp³-hybridized carbons (Fsp3) is 0. The average Bonchev–Trinajstić information content (AvgIpc) is 1.59. The van der Waals surface area contributed by atoms with Gasteiger partial charge in [0, 0.05) is 87.5 Å². The van der Waals surface area contributed by atoms with Gasteiger partial charge < -0.3 is 18.7 Å². The minimum absolute atomic E-state index is 0.397. The van der Waals surface area contributed by atoms with E-state index in [1.165, 1.54) is 27.1 Å². The Kier molecular flexibility index (Phi) is 17.7. The summed E-state index contributed by atoms with van der Waals surface area (Å²) in [5, 5.41) is 9.26. The number of para-hydroxylation sites is 4.